The van der Waals surface area contributed by atoms with E-state index in [4.69, 9.17) is 9.47 Å². The van der Waals surface area contributed by atoms with Crippen molar-refractivity contribution in [3.8, 4) is 0 Å². The Hall–Kier alpha value is -0.450. The summed E-state index contributed by atoms with van der Waals surface area (Å²) in [6.07, 6.45) is 4.65. The smallest absolute Gasteiger partial charge is 0.147 e. The summed E-state index contributed by atoms with van der Waals surface area (Å²) in [7, 11) is 0. The molecule has 0 saturated carbocycles. The van der Waals surface area contributed by atoms with Gasteiger partial charge in [0.25, 0.3) is 0 Å². The van der Waals surface area contributed by atoms with Crippen LogP contribution in [-0.2, 0) is 14.3 Å². The zero-order valence-electron chi connectivity index (χ0n) is 15.3. The Labute approximate surface area is 140 Å². The summed E-state index contributed by atoms with van der Waals surface area (Å²) in [6.45, 7) is 13.1. The average molecular weight is 323 g/mol. The second-order valence-electron chi connectivity index (χ2n) is 8.41. The van der Waals surface area contributed by atoms with Gasteiger partial charge in [-0.15, -0.1) is 0 Å². The van der Waals surface area contributed by atoms with E-state index in [1.54, 1.807) is 6.92 Å². The predicted molar refractivity (Wildman–Crippen MR) is 90.4 cm³/mol. The van der Waals surface area contributed by atoms with Gasteiger partial charge in [-0.25, -0.2) is 0 Å². The lowest BCUT2D eigenvalue weighted by Gasteiger charge is -2.61. The fourth-order valence-electron chi connectivity index (χ4n) is 5.57. The Bertz CT molecular complexity index is 440. The first-order valence-electron chi connectivity index (χ1n) is 9.35. The van der Waals surface area contributed by atoms with Crippen molar-refractivity contribution in [2.75, 3.05) is 33.0 Å². The molecule has 3 aliphatic heterocycles. The molecule has 23 heavy (non-hydrogen) atoms. The van der Waals surface area contributed by atoms with Gasteiger partial charge in [0.1, 0.15) is 5.78 Å². The van der Waals surface area contributed by atoms with E-state index in [2.05, 4.69) is 25.7 Å². The molecule has 0 aromatic heterocycles. The van der Waals surface area contributed by atoms with Gasteiger partial charge in [-0.1, -0.05) is 13.8 Å². The van der Waals surface area contributed by atoms with Gasteiger partial charge in [0, 0.05) is 24.2 Å². The van der Waals surface area contributed by atoms with E-state index in [0.29, 0.717) is 17.6 Å². The summed E-state index contributed by atoms with van der Waals surface area (Å²) >= 11 is 0. The zero-order valence-corrected chi connectivity index (χ0v) is 15.3. The van der Waals surface area contributed by atoms with E-state index < -0.39 is 0 Å². The van der Waals surface area contributed by atoms with Crippen LogP contribution >= 0.6 is 0 Å². The Morgan fingerprint density at radius 1 is 1.17 bits per heavy atom. The van der Waals surface area contributed by atoms with Crippen LogP contribution in [0, 0.1) is 17.3 Å². The number of rotatable bonds is 5. The minimum Gasteiger partial charge on any atom is -0.381 e. The molecule has 4 nitrogen and oxygen atoms in total. The first kappa shape index (κ1) is 17.4. The van der Waals surface area contributed by atoms with Gasteiger partial charge >= 0.3 is 0 Å². The molecule has 0 aromatic carbocycles. The van der Waals surface area contributed by atoms with E-state index in [-0.39, 0.29) is 17.0 Å². The van der Waals surface area contributed by atoms with E-state index in [9.17, 15) is 4.79 Å². The molecule has 3 heterocycles. The van der Waals surface area contributed by atoms with Crippen LogP contribution in [0.15, 0.2) is 0 Å². The lowest BCUT2D eigenvalue weighted by molar-refractivity contribution is -0.228. The van der Waals surface area contributed by atoms with Gasteiger partial charge in [-0.3, -0.25) is 9.69 Å². The first-order valence-corrected chi connectivity index (χ1v) is 9.35. The second-order valence-corrected chi connectivity index (χ2v) is 8.41. The molecule has 3 saturated heterocycles. The molecule has 132 valence electrons. The summed E-state index contributed by atoms with van der Waals surface area (Å²) in [5, 5.41) is 0. The van der Waals surface area contributed by atoms with Crippen molar-refractivity contribution in [1.82, 2.24) is 4.90 Å². The highest BCUT2D eigenvalue weighted by molar-refractivity contribution is 5.81. The van der Waals surface area contributed by atoms with E-state index in [1.165, 1.54) is 12.8 Å². The molecule has 0 spiro atoms. The molecule has 0 radical (unpaired) electrons. The minimum absolute atomic E-state index is 0.0415. The molecule has 3 rings (SSSR count). The third-order valence-corrected chi connectivity index (χ3v) is 6.87. The lowest BCUT2D eigenvalue weighted by Crippen LogP contribution is -2.69. The van der Waals surface area contributed by atoms with Crippen LogP contribution < -0.4 is 0 Å². The topological polar surface area (TPSA) is 38.8 Å². The van der Waals surface area contributed by atoms with E-state index >= 15 is 0 Å². The number of Topliss-reactive ketones (excluding diaryl/α,β-unsaturated/α-hetero) is 1. The first-order chi connectivity index (χ1) is 10.9. The maximum atomic E-state index is 12.4. The summed E-state index contributed by atoms with van der Waals surface area (Å²) in [4.78, 5) is 14.9. The van der Waals surface area contributed by atoms with Crippen LogP contribution in [0.3, 0.4) is 0 Å². The number of carbonyl (C=O) groups excluding carboxylic acids is 1. The predicted octanol–water partition coefficient (Wildman–Crippen LogP) is 2.90. The van der Waals surface area contributed by atoms with Crippen LogP contribution in [0.25, 0.3) is 0 Å². The number of ether oxygens (including phenoxy) is 2. The molecule has 0 N–H and O–H groups in total. The molecule has 4 heteroatoms. The number of hydrogen-bond donors (Lipinski definition) is 0. The summed E-state index contributed by atoms with van der Waals surface area (Å²) in [5.41, 5.74) is 0.281. The number of nitrogens with zero attached hydrogens (tertiary/aromatic N) is 1. The van der Waals surface area contributed by atoms with Crippen LogP contribution in [0.1, 0.15) is 53.4 Å². The molecular weight excluding hydrogens is 290 g/mol. The average Bonchev–Trinajstić information content (AvgIpc) is 2.81. The Balaban J connectivity index is 1.92. The third-order valence-electron chi connectivity index (χ3n) is 6.87. The molecule has 2 atom stereocenters. The number of hydrogen-bond acceptors (Lipinski definition) is 4. The monoisotopic (exact) mass is 323 g/mol. The van der Waals surface area contributed by atoms with Gasteiger partial charge in [0.15, 0.2) is 0 Å². The minimum atomic E-state index is 0.0415. The van der Waals surface area contributed by atoms with Crippen LogP contribution in [0.2, 0.25) is 0 Å². The molecule has 0 amide bonds. The highest BCUT2D eigenvalue weighted by Gasteiger charge is 2.62. The molecule has 0 aromatic rings. The maximum absolute atomic E-state index is 12.4. The van der Waals surface area contributed by atoms with Crippen molar-refractivity contribution in [3.05, 3.63) is 0 Å². The van der Waals surface area contributed by atoms with Crippen molar-refractivity contribution in [2.45, 2.75) is 65.0 Å². The Morgan fingerprint density at radius 2 is 1.83 bits per heavy atom. The van der Waals surface area contributed by atoms with Gasteiger partial charge in [0.2, 0.25) is 0 Å². The Morgan fingerprint density at radius 3 is 2.30 bits per heavy atom. The highest BCUT2D eigenvalue weighted by Crippen LogP contribution is 2.56. The number of carbonyl (C=O) groups is 1. The molecule has 0 bridgehead atoms. The van der Waals surface area contributed by atoms with Gasteiger partial charge in [-0.05, 0) is 57.9 Å². The van der Waals surface area contributed by atoms with Gasteiger partial charge < -0.3 is 9.47 Å². The number of ketones is 1. The molecule has 3 fully saturated rings. The standard InChI is InChI=1S/C19H33NO3/c1-14(2)17(15(3)21)20-9-5-8-18(20,4)19(12-23-13-19)16-6-10-22-11-7-16/h14,16-17H,5-13H2,1-4H3/t17?,18-/m1/s1. The van der Waals surface area contributed by atoms with Crippen molar-refractivity contribution in [2.24, 2.45) is 17.3 Å². The summed E-state index contributed by atoms with van der Waals surface area (Å²) < 4.78 is 11.4. The fraction of sp³-hybridized carbons (Fsp3) is 0.947. The largest absolute Gasteiger partial charge is 0.381 e. The third kappa shape index (κ3) is 2.67. The molecule has 3 aliphatic rings. The highest BCUT2D eigenvalue weighted by atomic mass is 16.5. The zero-order chi connectivity index (χ0) is 16.7. The van der Waals surface area contributed by atoms with Crippen LogP contribution in [-0.4, -0.2) is 55.2 Å². The van der Waals surface area contributed by atoms with Crippen molar-refractivity contribution >= 4 is 5.78 Å². The lowest BCUT2D eigenvalue weighted by atomic mass is 9.57. The van der Waals surface area contributed by atoms with E-state index in [0.717, 1.165) is 45.8 Å². The SMILES string of the molecule is CC(=O)C(C(C)C)N1CCC[C@]1(C)C1(C2CCOCC2)COC1. The van der Waals surface area contributed by atoms with Crippen molar-refractivity contribution < 1.29 is 14.3 Å². The van der Waals surface area contributed by atoms with Crippen molar-refractivity contribution in [3.63, 3.8) is 0 Å². The summed E-state index contributed by atoms with van der Waals surface area (Å²) in [6, 6.07) is 0.0415. The van der Waals surface area contributed by atoms with Crippen LogP contribution in [0.4, 0.5) is 0 Å². The quantitative estimate of drug-likeness (QED) is 0.780. The van der Waals surface area contributed by atoms with E-state index in [1.807, 2.05) is 0 Å². The normalized spacial score (nSPS) is 33.6. The van der Waals surface area contributed by atoms with Gasteiger partial charge in [0.05, 0.1) is 19.3 Å². The maximum Gasteiger partial charge on any atom is 0.147 e. The molecular formula is C19H33NO3. The van der Waals surface area contributed by atoms with Crippen molar-refractivity contribution in [1.29, 1.82) is 0 Å². The Kier molecular flexibility index (Phi) is 4.88. The van der Waals surface area contributed by atoms with Gasteiger partial charge in [-0.2, -0.15) is 0 Å². The fourth-order valence-corrected chi connectivity index (χ4v) is 5.57. The number of likely N-dealkylation sites (tertiary alicyclic amines) is 1. The summed E-state index contributed by atoms with van der Waals surface area (Å²) in [5.74, 6) is 1.34. The second kappa shape index (κ2) is 6.45. The molecule has 0 aliphatic carbocycles. The molecule has 1 unspecified atom stereocenters. The van der Waals surface area contributed by atoms with Crippen LogP contribution in [0.5, 0.6) is 0 Å².